The van der Waals surface area contributed by atoms with Gasteiger partial charge in [0.05, 0.1) is 0 Å². The zero-order valence-electron chi connectivity index (χ0n) is 8.01. The van der Waals surface area contributed by atoms with Crippen LogP contribution in [0, 0.1) is 0 Å². The molecule has 12 heavy (non-hydrogen) atoms. The predicted octanol–water partition coefficient (Wildman–Crippen LogP) is 2.76. The van der Waals surface area contributed by atoms with E-state index < -0.39 is 5.97 Å². The van der Waals surface area contributed by atoms with Gasteiger partial charge in [0.2, 0.25) is 0 Å². The van der Waals surface area contributed by atoms with Crippen molar-refractivity contribution in [3.8, 4) is 0 Å². The summed E-state index contributed by atoms with van der Waals surface area (Å²) in [6, 6.07) is 0. The Balaban J connectivity index is -0.000000124. The molecular weight excluding hydrogens is 156 g/mol. The third kappa shape index (κ3) is 22.8. The second-order valence-electron chi connectivity index (χ2n) is 2.64. The highest BCUT2D eigenvalue weighted by molar-refractivity contribution is 5.62. The SMILES string of the molecule is C1CCCCC1.CC(=O)O.N.N. The molecule has 0 aromatic heterocycles. The van der Waals surface area contributed by atoms with E-state index in [-0.39, 0.29) is 12.3 Å². The number of carboxylic acid groups (broad SMARTS) is 1. The Bertz CT molecular complexity index is 77.5. The van der Waals surface area contributed by atoms with Crippen molar-refractivity contribution in [2.75, 3.05) is 0 Å². The van der Waals surface area contributed by atoms with E-state index in [0.29, 0.717) is 0 Å². The first kappa shape index (κ1) is 17.5. The van der Waals surface area contributed by atoms with Crippen molar-refractivity contribution in [3.05, 3.63) is 0 Å². The Hall–Kier alpha value is -0.610. The van der Waals surface area contributed by atoms with Gasteiger partial charge >= 0.3 is 0 Å². The van der Waals surface area contributed by atoms with E-state index >= 15 is 0 Å². The topological polar surface area (TPSA) is 107 Å². The second-order valence-corrected chi connectivity index (χ2v) is 2.64. The molecule has 0 aromatic carbocycles. The van der Waals surface area contributed by atoms with Gasteiger partial charge in [-0.3, -0.25) is 4.79 Å². The van der Waals surface area contributed by atoms with Crippen LogP contribution >= 0.6 is 0 Å². The molecule has 1 fully saturated rings. The maximum Gasteiger partial charge on any atom is 0.300 e. The van der Waals surface area contributed by atoms with Gasteiger partial charge in [0.1, 0.15) is 0 Å². The van der Waals surface area contributed by atoms with Crippen molar-refractivity contribution in [2.24, 2.45) is 0 Å². The summed E-state index contributed by atoms with van der Waals surface area (Å²) >= 11 is 0. The molecule has 0 atom stereocenters. The normalized spacial score (nSPS) is 14.1. The number of carboxylic acids is 1. The number of hydrogen-bond acceptors (Lipinski definition) is 3. The number of hydrogen-bond donors (Lipinski definition) is 3. The lowest BCUT2D eigenvalue weighted by Crippen LogP contribution is -1.85. The van der Waals surface area contributed by atoms with Crippen molar-refractivity contribution >= 4 is 5.97 Å². The van der Waals surface area contributed by atoms with Crippen LogP contribution < -0.4 is 12.3 Å². The van der Waals surface area contributed by atoms with Gasteiger partial charge in [-0.15, -0.1) is 0 Å². The molecule has 1 aliphatic rings. The largest absolute Gasteiger partial charge is 0.481 e. The minimum atomic E-state index is -0.833. The molecule has 76 valence electrons. The van der Waals surface area contributed by atoms with Crippen LogP contribution in [0.15, 0.2) is 0 Å². The summed E-state index contributed by atoms with van der Waals surface area (Å²) in [4.78, 5) is 9.00. The molecule has 0 radical (unpaired) electrons. The Labute approximate surface area is 74.5 Å². The molecule has 0 saturated heterocycles. The van der Waals surface area contributed by atoms with E-state index in [1.165, 1.54) is 38.5 Å². The summed E-state index contributed by atoms with van der Waals surface area (Å²) in [5.41, 5.74) is 0. The molecule has 0 unspecified atom stereocenters. The van der Waals surface area contributed by atoms with Gasteiger partial charge in [-0.1, -0.05) is 38.5 Å². The average molecular weight is 178 g/mol. The Morgan fingerprint density at radius 2 is 1.00 bits per heavy atom. The summed E-state index contributed by atoms with van der Waals surface area (Å²) in [7, 11) is 0. The lowest BCUT2D eigenvalue weighted by molar-refractivity contribution is -0.134. The van der Waals surface area contributed by atoms with Crippen molar-refractivity contribution in [3.63, 3.8) is 0 Å². The molecule has 1 rings (SSSR count). The minimum absolute atomic E-state index is 0. The number of rotatable bonds is 0. The highest BCUT2D eigenvalue weighted by Crippen LogP contribution is 2.15. The third-order valence-electron chi connectivity index (χ3n) is 1.50. The molecule has 0 heterocycles. The summed E-state index contributed by atoms with van der Waals surface area (Å²) in [5.74, 6) is -0.833. The van der Waals surface area contributed by atoms with Crippen molar-refractivity contribution < 1.29 is 9.90 Å². The monoisotopic (exact) mass is 178 g/mol. The highest BCUT2D eigenvalue weighted by atomic mass is 16.4. The molecule has 0 bridgehead atoms. The number of carbonyl (C=O) groups is 1. The Morgan fingerprint density at radius 3 is 1.08 bits per heavy atom. The summed E-state index contributed by atoms with van der Waals surface area (Å²) < 4.78 is 0. The molecular formula is C8H22N2O2. The van der Waals surface area contributed by atoms with E-state index in [0.717, 1.165) is 6.92 Å². The van der Waals surface area contributed by atoms with Crippen molar-refractivity contribution in [2.45, 2.75) is 45.4 Å². The van der Waals surface area contributed by atoms with Gasteiger partial charge in [0, 0.05) is 6.92 Å². The summed E-state index contributed by atoms with van der Waals surface area (Å²) in [6.45, 7) is 1.08. The van der Waals surface area contributed by atoms with Crippen molar-refractivity contribution in [1.82, 2.24) is 12.3 Å². The fourth-order valence-corrected chi connectivity index (χ4v) is 1.06. The second kappa shape index (κ2) is 13.0. The quantitative estimate of drug-likeness (QED) is 0.530. The van der Waals surface area contributed by atoms with E-state index in [2.05, 4.69) is 0 Å². The number of aliphatic carboxylic acids is 1. The zero-order chi connectivity index (χ0) is 7.82. The molecule has 0 amide bonds. The third-order valence-corrected chi connectivity index (χ3v) is 1.50. The minimum Gasteiger partial charge on any atom is -0.481 e. The van der Waals surface area contributed by atoms with Crippen LogP contribution in [0.4, 0.5) is 0 Å². The van der Waals surface area contributed by atoms with Gasteiger partial charge in [0.15, 0.2) is 0 Å². The lowest BCUT2D eigenvalue weighted by Gasteiger charge is -2.05. The Morgan fingerprint density at radius 1 is 0.917 bits per heavy atom. The van der Waals surface area contributed by atoms with Crippen molar-refractivity contribution in [1.29, 1.82) is 0 Å². The van der Waals surface area contributed by atoms with E-state index in [4.69, 9.17) is 9.90 Å². The first-order valence-corrected chi connectivity index (χ1v) is 3.93. The first-order chi connectivity index (χ1) is 4.73. The van der Waals surface area contributed by atoms with E-state index in [1.54, 1.807) is 0 Å². The molecule has 4 heteroatoms. The average Bonchev–Trinajstić information content (AvgIpc) is 1.90. The van der Waals surface area contributed by atoms with Crippen LogP contribution in [-0.4, -0.2) is 11.1 Å². The van der Waals surface area contributed by atoms with Gasteiger partial charge < -0.3 is 17.4 Å². The first-order valence-electron chi connectivity index (χ1n) is 3.93. The molecule has 1 saturated carbocycles. The van der Waals surface area contributed by atoms with Crippen LogP contribution in [-0.2, 0) is 4.79 Å². The van der Waals surface area contributed by atoms with Gasteiger partial charge in [-0.25, -0.2) is 0 Å². The van der Waals surface area contributed by atoms with E-state index in [1.807, 2.05) is 0 Å². The van der Waals surface area contributed by atoms with Crippen LogP contribution in [0.1, 0.15) is 45.4 Å². The maximum absolute atomic E-state index is 9.00. The predicted molar refractivity (Wildman–Crippen MR) is 51.1 cm³/mol. The smallest absolute Gasteiger partial charge is 0.300 e. The maximum atomic E-state index is 9.00. The fourth-order valence-electron chi connectivity index (χ4n) is 1.06. The van der Waals surface area contributed by atoms with Crippen LogP contribution in [0.2, 0.25) is 0 Å². The van der Waals surface area contributed by atoms with E-state index in [9.17, 15) is 0 Å². The standard InChI is InChI=1S/C6H12.C2H4O2.2H3N/c1-2-4-6-5-3-1;1-2(3)4;;/h1-6H2;1H3,(H,3,4);2*1H3. The molecule has 4 nitrogen and oxygen atoms in total. The molecule has 0 aromatic rings. The molecule has 7 N–H and O–H groups in total. The van der Waals surface area contributed by atoms with Crippen LogP contribution in [0.5, 0.6) is 0 Å². The van der Waals surface area contributed by atoms with Crippen LogP contribution in [0.25, 0.3) is 0 Å². The van der Waals surface area contributed by atoms with Gasteiger partial charge in [-0.05, 0) is 0 Å². The fraction of sp³-hybridized carbons (Fsp3) is 0.875. The lowest BCUT2D eigenvalue weighted by atomic mass is 10.0. The summed E-state index contributed by atoms with van der Waals surface area (Å²) in [6.07, 6.45) is 9.00. The van der Waals surface area contributed by atoms with Crippen LogP contribution in [0.3, 0.4) is 0 Å². The Kier molecular flexibility index (Phi) is 18.9. The summed E-state index contributed by atoms with van der Waals surface area (Å²) in [5, 5.41) is 7.42. The molecule has 0 spiro atoms. The molecule has 1 aliphatic carbocycles. The highest BCUT2D eigenvalue weighted by Gasteiger charge is 1.95. The van der Waals surface area contributed by atoms with Gasteiger partial charge in [-0.2, -0.15) is 0 Å². The van der Waals surface area contributed by atoms with Gasteiger partial charge in [0.25, 0.3) is 5.97 Å². The molecule has 0 aliphatic heterocycles. The zero-order valence-corrected chi connectivity index (χ0v) is 8.01.